The molecule has 208 valence electrons. The molecule has 1 aliphatic rings. The number of halogens is 2. The molecule has 0 saturated carbocycles. The maximum Gasteiger partial charge on any atom is 0.255 e. The number of amides is 2. The van der Waals surface area contributed by atoms with E-state index in [4.69, 9.17) is 4.74 Å². The van der Waals surface area contributed by atoms with Crippen LogP contribution < -0.4 is 15.0 Å². The first-order chi connectivity index (χ1) is 19.3. The van der Waals surface area contributed by atoms with Crippen LogP contribution in [0.2, 0.25) is 0 Å². The molecule has 3 aromatic rings. The van der Waals surface area contributed by atoms with E-state index in [-0.39, 0.29) is 30.5 Å². The summed E-state index contributed by atoms with van der Waals surface area (Å²) in [5.74, 6) is 0.536. The predicted octanol–water partition coefficient (Wildman–Crippen LogP) is 5.56. The van der Waals surface area contributed by atoms with Gasteiger partial charge < -0.3 is 19.9 Å². The van der Waals surface area contributed by atoms with Crippen molar-refractivity contribution in [3.8, 4) is 5.75 Å². The Hall–Kier alpha value is -4.49. The van der Waals surface area contributed by atoms with Gasteiger partial charge in [0.2, 0.25) is 5.91 Å². The number of benzene rings is 3. The lowest BCUT2D eigenvalue weighted by Gasteiger charge is -2.35. The molecule has 1 fully saturated rings. The minimum atomic E-state index is -0.845. The smallest absolute Gasteiger partial charge is 0.255 e. The van der Waals surface area contributed by atoms with Gasteiger partial charge in [-0.3, -0.25) is 9.59 Å². The third kappa shape index (κ3) is 6.74. The highest BCUT2D eigenvalue weighted by Gasteiger charge is 2.26. The third-order valence-corrected chi connectivity index (χ3v) is 7.13. The van der Waals surface area contributed by atoms with Crippen LogP contribution in [0, 0.1) is 11.6 Å². The van der Waals surface area contributed by atoms with Crippen LogP contribution in [0.15, 0.2) is 72.4 Å². The largest absolute Gasteiger partial charge is 0.497 e. The summed E-state index contributed by atoms with van der Waals surface area (Å²) in [5, 5.41) is 3.02. The standard InChI is InChI=1S/C31H31F2N3O4/c1-21(38)36(30-11-8-24(32)18-28(30)33)17-14-25(20-37)35-15-12-22(13-16-35)27-10-9-26(40-2)19-29(27)34-31(39)23-6-4-3-5-7-23/h3-11,18-19,22H,12-17H2,1-2H3,(H,34,39). The molecular formula is C31H31F2N3O4. The quantitative estimate of drug-likeness (QED) is 0.355. The monoisotopic (exact) mass is 547 g/mol. The second kappa shape index (κ2) is 13.0. The average Bonchev–Trinajstić information content (AvgIpc) is 2.96. The Morgan fingerprint density at radius 3 is 2.40 bits per heavy atom. The molecule has 40 heavy (non-hydrogen) atoms. The van der Waals surface area contributed by atoms with Crippen LogP contribution in [0.25, 0.3) is 0 Å². The number of likely N-dealkylation sites (tertiary alicyclic amines) is 1. The van der Waals surface area contributed by atoms with Crippen LogP contribution in [-0.2, 0) is 9.59 Å². The van der Waals surface area contributed by atoms with E-state index in [9.17, 15) is 23.2 Å². The summed E-state index contributed by atoms with van der Waals surface area (Å²) >= 11 is 0. The van der Waals surface area contributed by atoms with Crippen LogP contribution in [0.1, 0.15) is 48.0 Å². The maximum absolute atomic E-state index is 14.3. The average molecular weight is 548 g/mol. The fraction of sp³-hybridized carbons (Fsp3) is 0.290. The zero-order chi connectivity index (χ0) is 28.6. The lowest BCUT2D eigenvalue weighted by atomic mass is 9.87. The minimum Gasteiger partial charge on any atom is -0.497 e. The Balaban J connectivity index is 1.43. The van der Waals surface area contributed by atoms with Crippen molar-refractivity contribution >= 4 is 29.1 Å². The number of nitrogens with one attached hydrogen (secondary N) is 1. The molecule has 1 aliphatic heterocycles. The zero-order valence-electron chi connectivity index (χ0n) is 22.5. The molecule has 1 heterocycles. The number of ether oxygens (including phenoxy) is 1. The van der Waals surface area contributed by atoms with Crippen LogP contribution in [0.3, 0.4) is 0 Å². The number of hydrogen-bond acceptors (Lipinski definition) is 5. The fourth-order valence-electron chi connectivity index (χ4n) is 5.01. The Labute approximate surface area is 232 Å². The Morgan fingerprint density at radius 1 is 1.05 bits per heavy atom. The predicted molar refractivity (Wildman–Crippen MR) is 149 cm³/mol. The number of hydrogen-bond donors (Lipinski definition) is 1. The summed E-state index contributed by atoms with van der Waals surface area (Å²) < 4.78 is 33.0. The molecule has 0 aromatic heterocycles. The molecule has 0 radical (unpaired) electrons. The molecule has 9 heteroatoms. The molecule has 4 rings (SSSR count). The van der Waals surface area contributed by atoms with E-state index in [2.05, 4.69) is 5.32 Å². The first kappa shape index (κ1) is 28.5. The summed E-state index contributed by atoms with van der Waals surface area (Å²) in [4.78, 5) is 40.1. The van der Waals surface area contributed by atoms with Gasteiger partial charge in [-0.25, -0.2) is 13.6 Å². The second-order valence-electron chi connectivity index (χ2n) is 9.60. The van der Waals surface area contributed by atoms with E-state index in [1.807, 2.05) is 35.1 Å². The van der Waals surface area contributed by atoms with Crippen molar-refractivity contribution in [3.05, 3.63) is 95.2 Å². The number of piperidine rings is 1. The molecule has 1 saturated heterocycles. The summed E-state index contributed by atoms with van der Waals surface area (Å²) in [6, 6.07) is 17.6. The second-order valence-corrected chi connectivity index (χ2v) is 9.60. The molecule has 1 N–H and O–H groups in total. The number of carbonyl (C=O) groups excluding carboxylic acids is 3. The van der Waals surface area contributed by atoms with E-state index < -0.39 is 17.5 Å². The Kier molecular flexibility index (Phi) is 9.30. The number of rotatable bonds is 9. The highest BCUT2D eigenvalue weighted by Crippen LogP contribution is 2.36. The van der Waals surface area contributed by atoms with Gasteiger partial charge in [0.25, 0.3) is 5.91 Å². The molecule has 0 bridgehead atoms. The van der Waals surface area contributed by atoms with E-state index in [1.54, 1.807) is 31.4 Å². The van der Waals surface area contributed by atoms with Gasteiger partial charge in [0, 0.05) is 56.4 Å². The van der Waals surface area contributed by atoms with Gasteiger partial charge in [-0.05, 0) is 54.7 Å². The van der Waals surface area contributed by atoms with Crippen LogP contribution in [0.5, 0.6) is 5.75 Å². The number of methoxy groups -OCH3 is 1. The van der Waals surface area contributed by atoms with Gasteiger partial charge in [0.05, 0.1) is 12.8 Å². The van der Waals surface area contributed by atoms with Gasteiger partial charge in [0.15, 0.2) is 0 Å². The number of carbonyl (C=O) groups is 2. The first-order valence-corrected chi connectivity index (χ1v) is 13.1. The molecule has 2 amide bonds. The van der Waals surface area contributed by atoms with Gasteiger partial charge in [0.1, 0.15) is 29.0 Å². The minimum absolute atomic E-state index is 0.0394. The lowest BCUT2D eigenvalue weighted by Crippen LogP contribution is -2.36. The van der Waals surface area contributed by atoms with Crippen molar-refractivity contribution in [2.75, 3.05) is 37.0 Å². The molecule has 7 nitrogen and oxygen atoms in total. The summed E-state index contributed by atoms with van der Waals surface area (Å²) in [6.45, 7) is 2.48. The van der Waals surface area contributed by atoms with Crippen molar-refractivity contribution in [1.29, 1.82) is 0 Å². The molecule has 0 unspecified atom stereocenters. The fourth-order valence-corrected chi connectivity index (χ4v) is 5.01. The normalized spacial score (nSPS) is 13.3. The molecule has 0 aliphatic carbocycles. The van der Waals surface area contributed by atoms with E-state index in [0.29, 0.717) is 48.6 Å². The number of nitrogens with zero attached hydrogens (tertiary/aromatic N) is 2. The van der Waals surface area contributed by atoms with Gasteiger partial charge in [-0.2, -0.15) is 0 Å². The van der Waals surface area contributed by atoms with Crippen molar-refractivity contribution in [3.63, 3.8) is 0 Å². The molecule has 3 aromatic carbocycles. The van der Waals surface area contributed by atoms with Crippen LogP contribution >= 0.6 is 0 Å². The highest BCUT2D eigenvalue weighted by molar-refractivity contribution is 6.04. The van der Waals surface area contributed by atoms with Crippen molar-refractivity contribution in [2.45, 2.75) is 32.1 Å². The topological polar surface area (TPSA) is 79.0 Å². The number of anilines is 2. The molecule has 0 spiro atoms. The summed E-state index contributed by atoms with van der Waals surface area (Å²) in [6.07, 6.45) is 1.61. The van der Waals surface area contributed by atoms with Gasteiger partial charge >= 0.3 is 0 Å². The molecular weight excluding hydrogens is 516 g/mol. The Bertz CT molecular complexity index is 1420. The van der Waals surface area contributed by atoms with Crippen LogP contribution in [0.4, 0.5) is 20.2 Å². The summed E-state index contributed by atoms with van der Waals surface area (Å²) in [7, 11) is 1.57. The van der Waals surface area contributed by atoms with E-state index >= 15 is 0 Å². The van der Waals surface area contributed by atoms with Crippen LogP contribution in [-0.4, -0.2) is 49.4 Å². The third-order valence-electron chi connectivity index (χ3n) is 7.13. The zero-order valence-corrected chi connectivity index (χ0v) is 22.5. The van der Waals surface area contributed by atoms with Crippen molar-refractivity contribution in [2.24, 2.45) is 0 Å². The summed E-state index contributed by atoms with van der Waals surface area (Å²) in [5.41, 5.74) is 2.56. The Morgan fingerprint density at radius 2 is 1.77 bits per heavy atom. The van der Waals surface area contributed by atoms with E-state index in [0.717, 1.165) is 17.7 Å². The van der Waals surface area contributed by atoms with Crippen molar-refractivity contribution in [1.82, 2.24) is 4.90 Å². The first-order valence-electron chi connectivity index (χ1n) is 13.1. The SMILES string of the molecule is COc1ccc(C2CCN(C(=C=O)CCN(C(C)=O)c3ccc(F)cc3F)CC2)c(NC(=O)c2ccccc2)c1. The maximum atomic E-state index is 14.3. The highest BCUT2D eigenvalue weighted by atomic mass is 19.1. The van der Waals surface area contributed by atoms with Gasteiger partial charge in [-0.1, -0.05) is 24.3 Å². The van der Waals surface area contributed by atoms with E-state index in [1.165, 1.54) is 17.9 Å². The molecule has 0 atom stereocenters. The lowest BCUT2D eigenvalue weighted by molar-refractivity contribution is -0.116. The van der Waals surface area contributed by atoms with Gasteiger partial charge in [-0.15, -0.1) is 0 Å². The van der Waals surface area contributed by atoms with Crippen molar-refractivity contribution < 1.29 is 27.9 Å².